The number of thiophene rings is 1. The first-order chi connectivity index (χ1) is 12.6. The highest BCUT2D eigenvalue weighted by Crippen LogP contribution is 2.22. The first-order valence-electron chi connectivity index (χ1n) is 8.84. The molecule has 2 aromatic carbocycles. The first-order valence-corrected chi connectivity index (χ1v) is 9.72. The quantitative estimate of drug-likeness (QED) is 0.685. The normalized spacial score (nSPS) is 11.9. The van der Waals surface area contributed by atoms with Crippen molar-refractivity contribution in [1.29, 1.82) is 0 Å². The number of aryl methyl sites for hydroxylation is 1. The molecule has 0 bridgehead atoms. The molecule has 0 saturated heterocycles. The lowest BCUT2D eigenvalue weighted by molar-refractivity contribution is -0.676. The smallest absolute Gasteiger partial charge is 0.277 e. The average Bonchev–Trinajstić information content (AvgIpc) is 3.19. The second-order valence-corrected chi connectivity index (χ2v) is 7.56. The molecular weight excluding hydrogens is 340 g/mol. The van der Waals surface area contributed by atoms with E-state index in [2.05, 4.69) is 78.3 Å². The molecule has 1 heterocycles. The number of amides is 1. The fourth-order valence-electron chi connectivity index (χ4n) is 2.98. The number of quaternary nitrogens is 1. The number of hydrogen-bond acceptors (Lipinski definition) is 2. The van der Waals surface area contributed by atoms with Gasteiger partial charge in [0, 0.05) is 19.2 Å². The van der Waals surface area contributed by atoms with Crippen molar-refractivity contribution in [2.75, 3.05) is 13.6 Å². The van der Waals surface area contributed by atoms with Crippen LogP contribution in [0.4, 0.5) is 0 Å². The van der Waals surface area contributed by atoms with Crippen molar-refractivity contribution in [2.45, 2.75) is 19.5 Å². The van der Waals surface area contributed by atoms with Gasteiger partial charge >= 0.3 is 0 Å². The lowest BCUT2D eigenvalue weighted by Crippen LogP contribution is -2.87. The Balaban J connectivity index is 1.63. The number of nitrogens with two attached hydrogens (primary N) is 1. The molecule has 0 aliphatic carbocycles. The molecule has 3 nitrogen and oxygen atoms in total. The maximum Gasteiger partial charge on any atom is 0.277 e. The largest absolute Gasteiger partial charge is 0.337 e. The van der Waals surface area contributed by atoms with Crippen LogP contribution in [0.5, 0.6) is 0 Å². The Morgan fingerprint density at radius 1 is 1.04 bits per heavy atom. The summed E-state index contributed by atoms with van der Waals surface area (Å²) in [4.78, 5) is 15.7. The molecule has 0 aliphatic rings. The van der Waals surface area contributed by atoms with Gasteiger partial charge in [-0.3, -0.25) is 4.79 Å². The Bertz CT molecular complexity index is 813. The second kappa shape index (κ2) is 8.79. The summed E-state index contributed by atoms with van der Waals surface area (Å²) in [7, 11) is 1.87. The molecule has 3 rings (SSSR count). The Morgan fingerprint density at radius 3 is 2.42 bits per heavy atom. The standard InChI is InChI=1S/C22H24N2OS/c1-17-10-12-18(13-11-17)16-24(2)21(25)15-23-22(20-9-6-14-26-20)19-7-4-3-5-8-19/h3-14,22-23H,15-16H2,1-2H3/p+1/t22-/m0/s1. The lowest BCUT2D eigenvalue weighted by Gasteiger charge is -2.19. The van der Waals surface area contributed by atoms with Gasteiger partial charge in [-0.15, -0.1) is 11.3 Å². The van der Waals surface area contributed by atoms with E-state index in [0.717, 1.165) is 5.56 Å². The number of rotatable bonds is 7. The fraction of sp³-hybridized carbons (Fsp3) is 0.227. The summed E-state index contributed by atoms with van der Waals surface area (Å²) in [6, 6.07) is 23.1. The van der Waals surface area contributed by atoms with Crippen LogP contribution in [-0.2, 0) is 11.3 Å². The van der Waals surface area contributed by atoms with Crippen LogP contribution >= 0.6 is 11.3 Å². The number of hydrogen-bond donors (Lipinski definition) is 1. The van der Waals surface area contributed by atoms with Crippen molar-refractivity contribution < 1.29 is 10.1 Å². The van der Waals surface area contributed by atoms with E-state index in [0.29, 0.717) is 13.1 Å². The van der Waals surface area contributed by atoms with Gasteiger partial charge in [0.05, 0.1) is 4.88 Å². The van der Waals surface area contributed by atoms with Crippen molar-refractivity contribution in [3.63, 3.8) is 0 Å². The van der Waals surface area contributed by atoms with Crippen LogP contribution in [0, 0.1) is 6.92 Å². The van der Waals surface area contributed by atoms with Crippen molar-refractivity contribution in [1.82, 2.24) is 4.90 Å². The van der Waals surface area contributed by atoms with Gasteiger partial charge in [-0.25, -0.2) is 0 Å². The summed E-state index contributed by atoms with van der Waals surface area (Å²) < 4.78 is 0. The van der Waals surface area contributed by atoms with Gasteiger partial charge < -0.3 is 10.2 Å². The van der Waals surface area contributed by atoms with Gasteiger partial charge in [0.2, 0.25) is 0 Å². The molecule has 0 fully saturated rings. The first kappa shape index (κ1) is 18.4. The van der Waals surface area contributed by atoms with E-state index < -0.39 is 0 Å². The van der Waals surface area contributed by atoms with Crippen molar-refractivity contribution in [2.24, 2.45) is 0 Å². The third-order valence-corrected chi connectivity index (χ3v) is 5.46. The highest BCUT2D eigenvalue weighted by Gasteiger charge is 2.21. The molecule has 0 saturated carbocycles. The van der Waals surface area contributed by atoms with E-state index in [1.807, 2.05) is 13.1 Å². The summed E-state index contributed by atoms with van der Waals surface area (Å²) in [5.74, 6) is 0.142. The molecule has 1 aromatic heterocycles. The highest BCUT2D eigenvalue weighted by atomic mass is 32.1. The lowest BCUT2D eigenvalue weighted by atomic mass is 10.1. The van der Waals surface area contributed by atoms with Crippen LogP contribution < -0.4 is 5.32 Å². The molecule has 4 heteroatoms. The second-order valence-electron chi connectivity index (χ2n) is 6.58. The van der Waals surface area contributed by atoms with Gasteiger partial charge in [0.1, 0.15) is 6.04 Å². The fourth-order valence-corrected chi connectivity index (χ4v) is 3.83. The van der Waals surface area contributed by atoms with E-state index in [1.165, 1.54) is 16.0 Å². The number of carbonyl (C=O) groups excluding carboxylic acids is 1. The zero-order valence-corrected chi connectivity index (χ0v) is 16.1. The molecule has 134 valence electrons. The van der Waals surface area contributed by atoms with Crippen molar-refractivity contribution >= 4 is 17.2 Å². The highest BCUT2D eigenvalue weighted by molar-refractivity contribution is 7.10. The van der Waals surface area contributed by atoms with Crippen LogP contribution in [0.1, 0.15) is 27.6 Å². The number of nitrogens with zero attached hydrogens (tertiary/aromatic N) is 1. The molecular formula is C22H25N2OS+. The van der Waals surface area contributed by atoms with E-state index in [4.69, 9.17) is 0 Å². The minimum Gasteiger partial charge on any atom is -0.337 e. The molecule has 0 spiro atoms. The third kappa shape index (κ3) is 4.81. The Kier molecular flexibility index (Phi) is 6.21. The van der Waals surface area contributed by atoms with E-state index in [1.54, 1.807) is 16.2 Å². The molecule has 0 radical (unpaired) electrons. The van der Waals surface area contributed by atoms with Gasteiger partial charge in [-0.05, 0) is 23.9 Å². The average molecular weight is 366 g/mol. The minimum atomic E-state index is 0.142. The maximum absolute atomic E-state index is 12.6. The Hall–Kier alpha value is -2.43. The van der Waals surface area contributed by atoms with E-state index >= 15 is 0 Å². The van der Waals surface area contributed by atoms with E-state index in [-0.39, 0.29) is 11.9 Å². The van der Waals surface area contributed by atoms with Gasteiger partial charge in [-0.1, -0.05) is 66.2 Å². The topological polar surface area (TPSA) is 36.9 Å². The van der Waals surface area contributed by atoms with Crippen LogP contribution in [0.25, 0.3) is 0 Å². The molecule has 0 unspecified atom stereocenters. The predicted molar refractivity (Wildman–Crippen MR) is 107 cm³/mol. The Morgan fingerprint density at radius 2 is 1.77 bits per heavy atom. The summed E-state index contributed by atoms with van der Waals surface area (Å²) in [6.45, 7) is 3.14. The summed E-state index contributed by atoms with van der Waals surface area (Å²) in [5.41, 5.74) is 3.62. The van der Waals surface area contributed by atoms with Crippen LogP contribution in [-0.4, -0.2) is 24.4 Å². The third-order valence-electron chi connectivity index (χ3n) is 4.50. The van der Waals surface area contributed by atoms with Crippen molar-refractivity contribution in [3.8, 4) is 0 Å². The Labute approximate surface area is 159 Å². The molecule has 26 heavy (non-hydrogen) atoms. The van der Waals surface area contributed by atoms with Gasteiger partial charge in [0.15, 0.2) is 6.54 Å². The van der Waals surface area contributed by atoms with Crippen LogP contribution in [0.2, 0.25) is 0 Å². The summed E-state index contributed by atoms with van der Waals surface area (Å²) in [6.07, 6.45) is 0. The monoisotopic (exact) mass is 365 g/mol. The molecule has 3 aromatic rings. The molecule has 0 aliphatic heterocycles. The number of benzene rings is 2. The molecule has 1 amide bonds. The summed E-state index contributed by atoms with van der Waals surface area (Å²) in [5, 5.41) is 4.22. The van der Waals surface area contributed by atoms with Gasteiger partial charge in [0.25, 0.3) is 5.91 Å². The van der Waals surface area contributed by atoms with Crippen molar-refractivity contribution in [3.05, 3.63) is 93.7 Å². The SMILES string of the molecule is Cc1ccc(CN(C)C(=O)C[NH2+][C@@H](c2ccccc2)c2cccs2)cc1. The zero-order valence-electron chi connectivity index (χ0n) is 15.3. The summed E-state index contributed by atoms with van der Waals surface area (Å²) >= 11 is 1.73. The number of carbonyl (C=O) groups is 1. The minimum absolute atomic E-state index is 0.142. The molecule has 1 atom stereocenters. The maximum atomic E-state index is 12.6. The van der Waals surface area contributed by atoms with Gasteiger partial charge in [-0.2, -0.15) is 0 Å². The van der Waals surface area contributed by atoms with E-state index in [9.17, 15) is 4.79 Å². The predicted octanol–water partition coefficient (Wildman–Crippen LogP) is 3.37. The van der Waals surface area contributed by atoms with Crippen LogP contribution in [0.3, 0.4) is 0 Å². The zero-order chi connectivity index (χ0) is 18.4. The number of likely N-dealkylation sites (N-methyl/N-ethyl adjacent to an activating group) is 1. The molecule has 2 N–H and O–H groups in total. The van der Waals surface area contributed by atoms with Crippen LogP contribution in [0.15, 0.2) is 72.1 Å².